The Hall–Kier alpha value is -2.55. The van der Waals surface area contributed by atoms with Gasteiger partial charge in [-0.2, -0.15) is 0 Å². The fraction of sp³-hybridized carbons (Fsp3) is 0.861. The van der Waals surface area contributed by atoms with E-state index in [9.17, 15) is 64.8 Å². The van der Waals surface area contributed by atoms with Gasteiger partial charge in [-0.1, -0.05) is 21.6 Å². The number of hydrogen-bond acceptors (Lipinski definition) is 22. The minimum Gasteiger partial charge on any atom is -0.479 e. The molecule has 0 aromatic heterocycles. The van der Waals surface area contributed by atoms with Crippen molar-refractivity contribution in [1.29, 1.82) is 0 Å². The highest BCUT2D eigenvalue weighted by Gasteiger charge is 2.56. The lowest BCUT2D eigenvalue weighted by molar-refractivity contribution is -0.362. The first-order valence-electron chi connectivity index (χ1n) is 20.1. The van der Waals surface area contributed by atoms with E-state index in [2.05, 4.69) is 21.3 Å². The number of aliphatic hydroxyl groups excluding tert-OH is 7. The number of carbonyl (C=O) groups excluding carboxylic acids is 4. The summed E-state index contributed by atoms with van der Waals surface area (Å²) in [6.45, 7) is 1.90. The molecule has 4 rings (SSSR count). The van der Waals surface area contributed by atoms with Crippen LogP contribution >= 0.6 is 21.6 Å². The van der Waals surface area contributed by atoms with Crippen LogP contribution in [0.2, 0.25) is 0 Å². The minimum absolute atomic E-state index is 0.0574. The standard InChI is InChI=1S/C36H60N4O21S2/c1-13-21(39-14(2)43)28(23(46)18(11-41)55-13)58-36-27(50)26(49)30(31(61-36)32(51)38-8-7-37-20(45)6-9-63-62-5)60-34-22(40-15(3)44)29(24(47)19(12-42)57-34)59-35-25(48)16(54-4)10-17(56-35)33(52)53/h13,16-19,21-31,34-36,41-42,46-50H,6-12H2,1-5H3,(H,37,45)(H,38,51)(H,39,43)(H,40,44)(H,52,53)/t13-,16-,17?,18?,19?,21?,22?,23+,24+,25?,26+,27?,28+,29+,30-,31?,34-,35-,36+/m0/s1. The van der Waals surface area contributed by atoms with Gasteiger partial charge in [-0.3, -0.25) is 19.2 Å². The number of amides is 4. The van der Waals surface area contributed by atoms with Gasteiger partial charge in [-0.25, -0.2) is 4.79 Å². The van der Waals surface area contributed by atoms with Crippen molar-refractivity contribution >= 4 is 51.2 Å². The van der Waals surface area contributed by atoms with Gasteiger partial charge >= 0.3 is 5.97 Å². The maximum atomic E-state index is 14.0. The molecule has 0 aromatic rings. The SMILES string of the molecule is CO[C@H]1CC(C(=O)O)O[C@@H](O[C@@H]2C(NC(C)=O)[C@H](O[C@@H]3C(C(=O)NCCNC(=O)CCSSC)O[C@@H](O[C@@H]4C(NC(C)=O)[C@H](C)OC(CO)[C@H]4O)C(O)[C@H]3O)OC(CO)[C@H]2O)C1O. The normalized spacial score (nSPS) is 39.5. The summed E-state index contributed by atoms with van der Waals surface area (Å²) in [6, 6.07) is -2.77. The largest absolute Gasteiger partial charge is 0.479 e. The highest BCUT2D eigenvalue weighted by atomic mass is 33.1. The van der Waals surface area contributed by atoms with Crippen LogP contribution in [0.1, 0.15) is 33.6 Å². The Bertz CT molecular complexity index is 1530. The number of carboxylic acids is 1. The van der Waals surface area contributed by atoms with Crippen LogP contribution in [0.4, 0.5) is 0 Å². The highest BCUT2D eigenvalue weighted by molar-refractivity contribution is 8.76. The van der Waals surface area contributed by atoms with Crippen LogP contribution in [0.25, 0.3) is 0 Å². The lowest BCUT2D eigenvalue weighted by Crippen LogP contribution is -2.70. The maximum Gasteiger partial charge on any atom is 0.333 e. The van der Waals surface area contributed by atoms with Crippen molar-refractivity contribution in [3.05, 3.63) is 0 Å². The van der Waals surface area contributed by atoms with Crippen molar-refractivity contribution in [3.8, 4) is 0 Å². The van der Waals surface area contributed by atoms with Crippen LogP contribution in [0.15, 0.2) is 0 Å². The summed E-state index contributed by atoms with van der Waals surface area (Å²) in [5.41, 5.74) is 0. The average Bonchev–Trinajstić information content (AvgIpc) is 3.23. The summed E-state index contributed by atoms with van der Waals surface area (Å²) in [4.78, 5) is 63.0. The van der Waals surface area contributed by atoms with Crippen LogP contribution in [0.3, 0.4) is 0 Å². The molecule has 19 atom stereocenters. The zero-order valence-electron chi connectivity index (χ0n) is 35.1. The quantitative estimate of drug-likeness (QED) is 0.0399. The molecule has 4 aliphatic rings. The second-order valence-corrected chi connectivity index (χ2v) is 17.8. The number of aliphatic carboxylic acids is 1. The number of methoxy groups -OCH3 is 1. The monoisotopic (exact) mass is 948 g/mol. The molecule has 0 radical (unpaired) electrons. The fourth-order valence-corrected chi connectivity index (χ4v) is 8.70. The topological polar surface area (TPSA) is 369 Å². The number of carbonyl (C=O) groups is 5. The molecule has 0 saturated carbocycles. The third-order valence-corrected chi connectivity index (χ3v) is 12.5. The van der Waals surface area contributed by atoms with Crippen LogP contribution in [0, 0.1) is 0 Å². The first-order valence-corrected chi connectivity index (χ1v) is 22.8. The summed E-state index contributed by atoms with van der Waals surface area (Å²) in [6.07, 6.45) is -26.9. The summed E-state index contributed by atoms with van der Waals surface area (Å²) < 4.78 is 46.2. The molecule has 25 nitrogen and oxygen atoms in total. The molecular weight excluding hydrogens is 889 g/mol. The predicted molar refractivity (Wildman–Crippen MR) is 214 cm³/mol. The number of rotatable bonds is 20. The molecule has 63 heavy (non-hydrogen) atoms. The van der Waals surface area contributed by atoms with Crippen molar-refractivity contribution in [2.75, 3.05) is 45.4 Å². The molecule has 8 unspecified atom stereocenters. The summed E-state index contributed by atoms with van der Waals surface area (Å²) >= 11 is 0. The van der Waals surface area contributed by atoms with Gasteiger partial charge in [0.05, 0.1) is 31.5 Å². The zero-order chi connectivity index (χ0) is 46.7. The van der Waals surface area contributed by atoms with Gasteiger partial charge < -0.3 is 100 Å². The lowest BCUT2D eigenvalue weighted by atomic mass is 9.92. The van der Waals surface area contributed by atoms with Crippen molar-refractivity contribution in [2.45, 2.75) is 150 Å². The maximum absolute atomic E-state index is 14.0. The summed E-state index contributed by atoms with van der Waals surface area (Å²) in [5.74, 6) is -3.55. The van der Waals surface area contributed by atoms with E-state index >= 15 is 0 Å². The van der Waals surface area contributed by atoms with E-state index in [-0.39, 0.29) is 31.8 Å². The van der Waals surface area contributed by atoms with Gasteiger partial charge in [-0.15, -0.1) is 0 Å². The predicted octanol–water partition coefficient (Wildman–Crippen LogP) is -5.97. The molecule has 362 valence electrons. The summed E-state index contributed by atoms with van der Waals surface area (Å²) in [5, 5.41) is 96.8. The van der Waals surface area contributed by atoms with Crippen molar-refractivity contribution in [2.24, 2.45) is 0 Å². The third kappa shape index (κ3) is 13.8. The van der Waals surface area contributed by atoms with E-state index in [1.807, 2.05) is 6.26 Å². The molecule has 4 heterocycles. The second kappa shape index (κ2) is 24.8. The molecule has 4 amide bonds. The Labute approximate surface area is 369 Å². The van der Waals surface area contributed by atoms with Gasteiger partial charge in [0.1, 0.15) is 67.1 Å². The van der Waals surface area contributed by atoms with Gasteiger partial charge in [0.25, 0.3) is 5.91 Å². The number of aliphatic hydroxyl groups is 7. The molecule has 12 N–H and O–H groups in total. The van der Waals surface area contributed by atoms with Gasteiger partial charge in [0, 0.05) is 52.6 Å². The molecule has 4 saturated heterocycles. The number of nitrogens with one attached hydrogen (secondary N) is 4. The smallest absolute Gasteiger partial charge is 0.333 e. The fourth-order valence-electron chi connectivity index (χ4n) is 7.52. The highest BCUT2D eigenvalue weighted by Crippen LogP contribution is 2.35. The van der Waals surface area contributed by atoms with Crippen molar-refractivity contribution < 1.29 is 103 Å². The van der Waals surface area contributed by atoms with Crippen LogP contribution in [-0.4, -0.2) is 232 Å². The Morgan fingerprint density at radius 2 is 1.25 bits per heavy atom. The number of carboxylic acid groups (broad SMARTS) is 1. The molecular formula is C36H60N4O21S2. The van der Waals surface area contributed by atoms with Crippen molar-refractivity contribution in [3.63, 3.8) is 0 Å². The molecule has 0 bridgehead atoms. The minimum atomic E-state index is -2.15. The van der Waals surface area contributed by atoms with E-state index < -0.39 is 153 Å². The van der Waals surface area contributed by atoms with Crippen LogP contribution < -0.4 is 21.3 Å². The Kier molecular flexibility index (Phi) is 20.9. The van der Waals surface area contributed by atoms with Gasteiger partial charge in [0.2, 0.25) is 17.7 Å². The first-order chi connectivity index (χ1) is 29.9. The van der Waals surface area contributed by atoms with E-state index in [0.717, 1.165) is 6.92 Å². The van der Waals surface area contributed by atoms with Crippen LogP contribution in [0.5, 0.6) is 0 Å². The molecule has 27 heteroatoms. The Balaban J connectivity index is 1.67. The van der Waals surface area contributed by atoms with Crippen LogP contribution in [-0.2, 0) is 61.9 Å². The van der Waals surface area contributed by atoms with E-state index in [1.165, 1.54) is 42.5 Å². The Morgan fingerprint density at radius 1 is 0.698 bits per heavy atom. The summed E-state index contributed by atoms with van der Waals surface area (Å²) in [7, 11) is 4.18. The second-order valence-electron chi connectivity index (χ2n) is 15.1. The number of ether oxygens (including phenoxy) is 8. The van der Waals surface area contributed by atoms with E-state index in [4.69, 9.17) is 37.9 Å². The van der Waals surface area contributed by atoms with E-state index in [1.54, 1.807) is 0 Å². The average molecular weight is 949 g/mol. The Morgan fingerprint density at radius 3 is 1.83 bits per heavy atom. The van der Waals surface area contributed by atoms with Gasteiger partial charge in [-0.05, 0) is 13.2 Å². The molecule has 0 aliphatic carbocycles. The van der Waals surface area contributed by atoms with Gasteiger partial charge in [0.15, 0.2) is 31.1 Å². The van der Waals surface area contributed by atoms with Crippen molar-refractivity contribution in [1.82, 2.24) is 21.3 Å². The first kappa shape index (κ1) is 53.1. The molecule has 4 aliphatic heterocycles. The molecule has 4 fully saturated rings. The lowest BCUT2D eigenvalue weighted by Gasteiger charge is -2.50. The molecule has 0 aromatic carbocycles. The third-order valence-electron chi connectivity index (χ3n) is 10.7. The zero-order valence-corrected chi connectivity index (χ0v) is 36.8. The van der Waals surface area contributed by atoms with E-state index in [0.29, 0.717) is 5.75 Å². The number of hydrogen-bond donors (Lipinski definition) is 12. The molecule has 0 spiro atoms.